The lowest BCUT2D eigenvalue weighted by Crippen LogP contribution is -2.51. The van der Waals surface area contributed by atoms with Crippen molar-refractivity contribution in [1.29, 1.82) is 0 Å². The fourth-order valence-corrected chi connectivity index (χ4v) is 3.53. The Morgan fingerprint density at radius 3 is 2.47 bits per heavy atom. The maximum Gasteiger partial charge on any atom is 0.0145 e. The molecule has 0 aliphatic carbocycles. The molecule has 100 valence electrons. The lowest BCUT2D eigenvalue weighted by molar-refractivity contribution is 0.0745. The van der Waals surface area contributed by atoms with Crippen molar-refractivity contribution in [3.05, 3.63) is 0 Å². The van der Waals surface area contributed by atoms with Gasteiger partial charge in [-0.15, -0.1) is 0 Å². The zero-order valence-electron chi connectivity index (χ0n) is 11.8. The quantitative estimate of drug-likeness (QED) is 0.800. The van der Waals surface area contributed by atoms with E-state index in [0.29, 0.717) is 0 Å². The number of hydrogen-bond donors (Lipinski definition) is 1. The number of nitrogens with zero attached hydrogens (tertiary/aromatic N) is 2. The van der Waals surface area contributed by atoms with Gasteiger partial charge in [-0.25, -0.2) is 0 Å². The third kappa shape index (κ3) is 3.67. The summed E-state index contributed by atoms with van der Waals surface area (Å²) in [5, 5.41) is 3.51. The molecule has 0 bridgehead atoms. The summed E-state index contributed by atoms with van der Waals surface area (Å²) in [5.41, 5.74) is 0. The van der Waals surface area contributed by atoms with E-state index >= 15 is 0 Å². The summed E-state index contributed by atoms with van der Waals surface area (Å²) in [5.74, 6) is 1.76. The van der Waals surface area contributed by atoms with Gasteiger partial charge in [0.15, 0.2) is 0 Å². The highest BCUT2D eigenvalue weighted by molar-refractivity contribution is 4.86. The van der Waals surface area contributed by atoms with E-state index in [1.165, 1.54) is 52.0 Å². The monoisotopic (exact) mass is 239 g/mol. The van der Waals surface area contributed by atoms with E-state index in [4.69, 9.17) is 0 Å². The fraction of sp³-hybridized carbons (Fsp3) is 1.00. The molecule has 2 rings (SSSR count). The van der Waals surface area contributed by atoms with Crippen LogP contribution in [-0.4, -0.2) is 62.7 Å². The molecule has 0 aromatic rings. The van der Waals surface area contributed by atoms with Crippen LogP contribution in [0.1, 0.15) is 26.2 Å². The van der Waals surface area contributed by atoms with E-state index in [1.807, 2.05) is 0 Å². The van der Waals surface area contributed by atoms with Crippen LogP contribution >= 0.6 is 0 Å². The van der Waals surface area contributed by atoms with Crippen molar-refractivity contribution in [2.75, 3.05) is 46.8 Å². The molecule has 0 radical (unpaired) electrons. The van der Waals surface area contributed by atoms with Crippen molar-refractivity contribution in [2.24, 2.45) is 11.8 Å². The molecule has 2 saturated heterocycles. The summed E-state index contributed by atoms with van der Waals surface area (Å²) >= 11 is 0. The van der Waals surface area contributed by atoms with Gasteiger partial charge in [0.2, 0.25) is 0 Å². The van der Waals surface area contributed by atoms with E-state index in [9.17, 15) is 0 Å². The first-order valence-electron chi connectivity index (χ1n) is 7.26. The minimum absolute atomic E-state index is 0.828. The van der Waals surface area contributed by atoms with Gasteiger partial charge in [0, 0.05) is 12.6 Å². The van der Waals surface area contributed by atoms with E-state index in [2.05, 4.69) is 36.1 Å². The maximum absolute atomic E-state index is 3.51. The third-order valence-electron chi connectivity index (χ3n) is 4.48. The Morgan fingerprint density at radius 1 is 1.18 bits per heavy atom. The minimum Gasteiger partial charge on any atom is -0.316 e. The topological polar surface area (TPSA) is 18.5 Å². The molecule has 0 amide bonds. The molecule has 2 heterocycles. The van der Waals surface area contributed by atoms with Gasteiger partial charge < -0.3 is 15.1 Å². The highest BCUT2D eigenvalue weighted by atomic mass is 15.2. The molecular formula is C14H29N3. The second-order valence-electron chi connectivity index (χ2n) is 6.28. The van der Waals surface area contributed by atoms with Crippen LogP contribution < -0.4 is 5.32 Å². The second kappa shape index (κ2) is 6.17. The Morgan fingerprint density at radius 2 is 1.88 bits per heavy atom. The Bertz CT molecular complexity index is 222. The van der Waals surface area contributed by atoms with Gasteiger partial charge in [0.05, 0.1) is 0 Å². The van der Waals surface area contributed by atoms with Gasteiger partial charge in [-0.1, -0.05) is 6.92 Å². The van der Waals surface area contributed by atoms with Crippen LogP contribution in [0.25, 0.3) is 0 Å². The third-order valence-corrected chi connectivity index (χ3v) is 4.48. The highest BCUT2D eigenvalue weighted by Gasteiger charge is 2.30. The lowest BCUT2D eigenvalue weighted by atomic mass is 9.89. The molecule has 0 spiro atoms. The van der Waals surface area contributed by atoms with Crippen LogP contribution in [0, 0.1) is 11.8 Å². The Hall–Kier alpha value is -0.120. The van der Waals surface area contributed by atoms with Crippen LogP contribution in [-0.2, 0) is 0 Å². The second-order valence-corrected chi connectivity index (χ2v) is 6.28. The van der Waals surface area contributed by atoms with Crippen molar-refractivity contribution >= 4 is 0 Å². The minimum atomic E-state index is 0.828. The Kier molecular flexibility index (Phi) is 4.83. The Labute approximate surface area is 107 Å². The average molecular weight is 239 g/mol. The van der Waals surface area contributed by atoms with Crippen LogP contribution in [0.15, 0.2) is 0 Å². The SMILES string of the molecule is CC1CNCCC1N1CCC(CN(C)C)CC1. The van der Waals surface area contributed by atoms with Crippen LogP contribution in [0.2, 0.25) is 0 Å². The summed E-state index contributed by atoms with van der Waals surface area (Å²) in [6.45, 7) is 8.76. The van der Waals surface area contributed by atoms with Gasteiger partial charge in [-0.3, -0.25) is 0 Å². The zero-order valence-corrected chi connectivity index (χ0v) is 11.8. The van der Waals surface area contributed by atoms with E-state index in [0.717, 1.165) is 17.9 Å². The summed E-state index contributed by atoms with van der Waals surface area (Å²) < 4.78 is 0. The number of nitrogens with one attached hydrogen (secondary N) is 1. The van der Waals surface area contributed by atoms with Crippen molar-refractivity contribution in [2.45, 2.75) is 32.2 Å². The van der Waals surface area contributed by atoms with Crippen LogP contribution in [0.5, 0.6) is 0 Å². The number of piperidine rings is 2. The molecule has 3 nitrogen and oxygen atoms in total. The van der Waals surface area contributed by atoms with Gasteiger partial charge in [0.25, 0.3) is 0 Å². The molecular weight excluding hydrogens is 210 g/mol. The van der Waals surface area contributed by atoms with E-state index in [1.54, 1.807) is 0 Å². The largest absolute Gasteiger partial charge is 0.316 e. The van der Waals surface area contributed by atoms with Crippen LogP contribution in [0.4, 0.5) is 0 Å². The molecule has 2 atom stereocenters. The molecule has 2 aliphatic heterocycles. The van der Waals surface area contributed by atoms with E-state index in [-0.39, 0.29) is 0 Å². The van der Waals surface area contributed by atoms with Gasteiger partial charge in [0.1, 0.15) is 0 Å². The first-order chi connectivity index (χ1) is 8.16. The van der Waals surface area contributed by atoms with Crippen LogP contribution in [0.3, 0.4) is 0 Å². The molecule has 0 aromatic carbocycles. The Balaban J connectivity index is 1.78. The molecule has 0 saturated carbocycles. The molecule has 2 fully saturated rings. The van der Waals surface area contributed by atoms with Crippen molar-refractivity contribution in [1.82, 2.24) is 15.1 Å². The highest BCUT2D eigenvalue weighted by Crippen LogP contribution is 2.24. The van der Waals surface area contributed by atoms with Crippen molar-refractivity contribution in [3.8, 4) is 0 Å². The standard InChI is InChI=1S/C14H29N3/c1-12-10-15-7-4-14(12)17-8-5-13(6-9-17)11-16(2)3/h12-15H,4-11H2,1-3H3. The van der Waals surface area contributed by atoms with Gasteiger partial charge in [-0.2, -0.15) is 0 Å². The smallest absolute Gasteiger partial charge is 0.0145 e. The summed E-state index contributed by atoms with van der Waals surface area (Å²) in [6.07, 6.45) is 4.14. The average Bonchev–Trinajstić information content (AvgIpc) is 2.30. The molecule has 2 aliphatic rings. The first kappa shape index (κ1) is 13.3. The van der Waals surface area contributed by atoms with Crippen molar-refractivity contribution in [3.63, 3.8) is 0 Å². The fourth-order valence-electron chi connectivity index (χ4n) is 3.53. The molecule has 0 aromatic heterocycles. The lowest BCUT2D eigenvalue weighted by Gasteiger charge is -2.43. The van der Waals surface area contributed by atoms with Gasteiger partial charge >= 0.3 is 0 Å². The molecule has 1 N–H and O–H groups in total. The summed E-state index contributed by atoms with van der Waals surface area (Å²) in [7, 11) is 4.39. The maximum atomic E-state index is 3.51. The zero-order chi connectivity index (χ0) is 12.3. The summed E-state index contributed by atoms with van der Waals surface area (Å²) in [6, 6.07) is 0.844. The molecule has 17 heavy (non-hydrogen) atoms. The molecule has 2 unspecified atom stereocenters. The number of likely N-dealkylation sites (tertiary alicyclic amines) is 1. The van der Waals surface area contributed by atoms with Gasteiger partial charge in [-0.05, 0) is 71.4 Å². The number of rotatable bonds is 3. The first-order valence-corrected chi connectivity index (χ1v) is 7.26. The van der Waals surface area contributed by atoms with Crippen molar-refractivity contribution < 1.29 is 0 Å². The predicted molar refractivity (Wildman–Crippen MR) is 73.3 cm³/mol. The normalized spacial score (nSPS) is 33.2. The summed E-state index contributed by atoms with van der Waals surface area (Å²) in [4.78, 5) is 5.10. The number of hydrogen-bond acceptors (Lipinski definition) is 3. The molecule has 3 heteroatoms. The van der Waals surface area contributed by atoms with E-state index < -0.39 is 0 Å². The predicted octanol–water partition coefficient (Wildman–Crippen LogP) is 1.26.